The first-order chi connectivity index (χ1) is 15.3. The number of nitrogens with one attached hydrogen (secondary N) is 3. The molecule has 0 saturated carbocycles. The highest BCUT2D eigenvalue weighted by Crippen LogP contribution is 2.18. The van der Waals surface area contributed by atoms with Crippen LogP contribution in [0.1, 0.15) is 27.1 Å². The Kier molecular flexibility index (Phi) is 7.55. The Labute approximate surface area is 191 Å². The van der Waals surface area contributed by atoms with Gasteiger partial charge in [0.1, 0.15) is 0 Å². The molecule has 0 unspecified atom stereocenters. The smallest absolute Gasteiger partial charge is 0.311 e. The molecule has 1 atom stereocenters. The molecule has 0 aromatic heterocycles. The van der Waals surface area contributed by atoms with Gasteiger partial charge in [0.15, 0.2) is 6.61 Å². The summed E-state index contributed by atoms with van der Waals surface area (Å²) in [6.45, 7) is -0.712. The van der Waals surface area contributed by atoms with Gasteiger partial charge in [-0.3, -0.25) is 45.3 Å². The number of hydrogen-bond acceptors (Lipinski definition) is 6. The van der Waals surface area contributed by atoms with Crippen LogP contribution in [0.3, 0.4) is 0 Å². The van der Waals surface area contributed by atoms with E-state index in [2.05, 4.69) is 32.2 Å². The van der Waals surface area contributed by atoms with E-state index in [4.69, 9.17) is 4.74 Å². The zero-order chi connectivity index (χ0) is 23.1. The Balaban J connectivity index is 1.42. The minimum absolute atomic E-state index is 0.0771. The van der Waals surface area contributed by atoms with Crippen LogP contribution in [0, 0.1) is 5.92 Å². The van der Waals surface area contributed by atoms with Gasteiger partial charge < -0.3 is 4.74 Å². The highest BCUT2D eigenvalue weighted by atomic mass is 79.9. The first-order valence-corrected chi connectivity index (χ1v) is 10.3. The van der Waals surface area contributed by atoms with Gasteiger partial charge in [0.2, 0.25) is 5.91 Å². The molecule has 0 bridgehead atoms. The molecule has 0 radical (unpaired) electrons. The van der Waals surface area contributed by atoms with Crippen molar-refractivity contribution in [2.45, 2.75) is 6.42 Å². The van der Waals surface area contributed by atoms with Gasteiger partial charge in [-0.15, -0.1) is 0 Å². The monoisotopic (exact) mass is 502 g/mol. The number of halogens is 1. The van der Waals surface area contributed by atoms with E-state index in [9.17, 15) is 24.0 Å². The van der Waals surface area contributed by atoms with Crippen molar-refractivity contribution in [2.24, 2.45) is 5.92 Å². The van der Waals surface area contributed by atoms with E-state index >= 15 is 0 Å². The Bertz CT molecular complexity index is 1030. The predicted octanol–water partition coefficient (Wildman–Crippen LogP) is 0.947. The average molecular weight is 503 g/mol. The summed E-state index contributed by atoms with van der Waals surface area (Å²) in [6.07, 6.45) is -0.161. The molecule has 2 aromatic rings. The van der Waals surface area contributed by atoms with Gasteiger partial charge in [0.25, 0.3) is 17.7 Å². The van der Waals surface area contributed by atoms with Crippen molar-refractivity contribution in [2.75, 3.05) is 13.2 Å². The zero-order valence-corrected chi connectivity index (χ0v) is 18.3. The molecule has 1 saturated heterocycles. The van der Waals surface area contributed by atoms with Gasteiger partial charge in [0.05, 0.1) is 12.5 Å². The molecule has 1 aliphatic heterocycles. The van der Waals surface area contributed by atoms with Gasteiger partial charge in [0, 0.05) is 22.0 Å². The average Bonchev–Trinajstić information content (AvgIpc) is 3.17. The standard InChI is InChI=1S/C21H19BrN4O6/c22-16-8-6-14(7-9-16)20(30)25-26-11-15(10-18(26)28)21(31)32-12-17(27)23-24-19(29)13-4-2-1-3-5-13/h1-9,15H,10-12H2,(H,23,27)(H,24,29)(H,25,30)/t15-/m0/s1. The van der Waals surface area contributed by atoms with Crippen LogP contribution in [-0.4, -0.2) is 47.8 Å². The second-order valence-electron chi connectivity index (χ2n) is 6.83. The minimum Gasteiger partial charge on any atom is -0.455 e. The third-order valence-electron chi connectivity index (χ3n) is 4.50. The summed E-state index contributed by atoms with van der Waals surface area (Å²) in [5, 5.41) is 1.05. The third kappa shape index (κ3) is 6.14. The number of amides is 4. The summed E-state index contributed by atoms with van der Waals surface area (Å²) >= 11 is 3.27. The highest BCUT2D eigenvalue weighted by Gasteiger charge is 2.36. The Morgan fingerprint density at radius 1 is 0.938 bits per heavy atom. The van der Waals surface area contributed by atoms with Crippen molar-refractivity contribution in [1.29, 1.82) is 0 Å². The summed E-state index contributed by atoms with van der Waals surface area (Å²) in [7, 11) is 0. The maximum atomic E-state index is 12.3. The van der Waals surface area contributed by atoms with Crippen LogP contribution in [0.2, 0.25) is 0 Å². The summed E-state index contributed by atoms with van der Waals surface area (Å²) in [6, 6.07) is 14.8. The maximum absolute atomic E-state index is 12.3. The molecular weight excluding hydrogens is 484 g/mol. The normalized spacial score (nSPS) is 15.1. The van der Waals surface area contributed by atoms with Crippen LogP contribution < -0.4 is 16.3 Å². The molecule has 3 rings (SSSR count). The number of rotatable bonds is 6. The van der Waals surface area contributed by atoms with E-state index in [0.717, 1.165) is 9.48 Å². The molecule has 0 aliphatic carbocycles. The summed E-state index contributed by atoms with van der Waals surface area (Å²) in [5.74, 6) is -3.80. The lowest BCUT2D eigenvalue weighted by Gasteiger charge is -2.17. The molecule has 1 heterocycles. The number of carbonyl (C=O) groups excluding carboxylic acids is 5. The largest absolute Gasteiger partial charge is 0.455 e. The molecule has 32 heavy (non-hydrogen) atoms. The molecule has 11 heteroatoms. The molecule has 10 nitrogen and oxygen atoms in total. The van der Waals surface area contributed by atoms with Crippen LogP contribution >= 0.6 is 15.9 Å². The molecule has 0 spiro atoms. The SMILES string of the molecule is O=C(COC(=O)[C@H]1CC(=O)N(NC(=O)c2ccc(Br)cc2)C1)NNC(=O)c1ccccc1. The molecule has 4 amide bonds. The fraction of sp³-hybridized carbons (Fsp3) is 0.190. The summed E-state index contributed by atoms with van der Waals surface area (Å²) < 4.78 is 5.73. The minimum atomic E-state index is -0.834. The van der Waals surface area contributed by atoms with Crippen LogP contribution in [-0.2, 0) is 19.1 Å². The van der Waals surface area contributed by atoms with E-state index in [1.54, 1.807) is 54.6 Å². The molecule has 2 aromatic carbocycles. The first-order valence-electron chi connectivity index (χ1n) is 9.51. The quantitative estimate of drug-likeness (QED) is 0.397. The van der Waals surface area contributed by atoms with E-state index in [1.807, 2.05) is 0 Å². The summed E-state index contributed by atoms with van der Waals surface area (Å²) in [5.41, 5.74) is 7.50. The van der Waals surface area contributed by atoms with Crippen LogP contribution in [0.15, 0.2) is 59.1 Å². The number of benzene rings is 2. The lowest BCUT2D eigenvalue weighted by molar-refractivity contribution is -0.152. The van der Waals surface area contributed by atoms with Crippen molar-refractivity contribution >= 4 is 45.5 Å². The van der Waals surface area contributed by atoms with Gasteiger partial charge >= 0.3 is 5.97 Å². The molecule has 1 fully saturated rings. The predicted molar refractivity (Wildman–Crippen MR) is 114 cm³/mol. The zero-order valence-electron chi connectivity index (χ0n) is 16.7. The van der Waals surface area contributed by atoms with Crippen LogP contribution in [0.25, 0.3) is 0 Å². The number of nitrogens with zero attached hydrogens (tertiary/aromatic N) is 1. The van der Waals surface area contributed by atoms with E-state index < -0.39 is 42.1 Å². The molecule has 1 aliphatic rings. The Morgan fingerprint density at radius 3 is 2.28 bits per heavy atom. The van der Waals surface area contributed by atoms with Crippen molar-refractivity contribution < 1.29 is 28.7 Å². The fourth-order valence-electron chi connectivity index (χ4n) is 2.84. The van der Waals surface area contributed by atoms with Crippen LogP contribution in [0.4, 0.5) is 0 Å². The second-order valence-corrected chi connectivity index (χ2v) is 7.74. The Hall–Kier alpha value is -3.73. The van der Waals surface area contributed by atoms with E-state index in [-0.39, 0.29) is 13.0 Å². The number of hydrazine groups is 2. The van der Waals surface area contributed by atoms with Crippen molar-refractivity contribution in [3.05, 3.63) is 70.2 Å². The Morgan fingerprint density at radius 2 is 1.59 bits per heavy atom. The second kappa shape index (κ2) is 10.5. The molecule has 166 valence electrons. The van der Waals surface area contributed by atoms with Gasteiger partial charge in [-0.25, -0.2) is 0 Å². The van der Waals surface area contributed by atoms with Crippen molar-refractivity contribution in [1.82, 2.24) is 21.3 Å². The first kappa shape index (κ1) is 22.9. The van der Waals surface area contributed by atoms with Crippen molar-refractivity contribution in [3.8, 4) is 0 Å². The number of carbonyl (C=O) groups is 5. The van der Waals surface area contributed by atoms with Crippen LogP contribution in [0.5, 0.6) is 0 Å². The third-order valence-corrected chi connectivity index (χ3v) is 5.03. The van der Waals surface area contributed by atoms with Gasteiger partial charge in [-0.05, 0) is 36.4 Å². The highest BCUT2D eigenvalue weighted by molar-refractivity contribution is 9.10. The van der Waals surface area contributed by atoms with Gasteiger partial charge in [-0.1, -0.05) is 34.1 Å². The molecular formula is C21H19BrN4O6. The number of ether oxygens (including phenoxy) is 1. The van der Waals surface area contributed by atoms with Gasteiger partial charge in [-0.2, -0.15) is 0 Å². The lowest BCUT2D eigenvalue weighted by Crippen LogP contribution is -2.44. The number of hydrogen-bond donors (Lipinski definition) is 3. The number of esters is 1. The fourth-order valence-corrected chi connectivity index (χ4v) is 3.11. The molecule has 3 N–H and O–H groups in total. The van der Waals surface area contributed by atoms with E-state index in [1.165, 1.54) is 0 Å². The van der Waals surface area contributed by atoms with Crippen molar-refractivity contribution in [3.63, 3.8) is 0 Å². The lowest BCUT2D eigenvalue weighted by atomic mass is 10.1. The maximum Gasteiger partial charge on any atom is 0.311 e. The van der Waals surface area contributed by atoms with E-state index in [0.29, 0.717) is 11.1 Å². The summed E-state index contributed by atoms with van der Waals surface area (Å²) in [4.78, 5) is 60.3. The topological polar surface area (TPSA) is 134 Å².